The lowest BCUT2D eigenvalue weighted by Crippen LogP contribution is -2.52. The second-order valence-corrected chi connectivity index (χ2v) is 9.60. The third kappa shape index (κ3) is 4.77. The second kappa shape index (κ2) is 9.84. The Kier molecular flexibility index (Phi) is 6.87. The molecule has 1 atom stereocenters. The van der Waals surface area contributed by atoms with E-state index in [1.165, 1.54) is 16.2 Å². The van der Waals surface area contributed by atoms with E-state index in [1.54, 1.807) is 0 Å². The summed E-state index contributed by atoms with van der Waals surface area (Å²) in [6.45, 7) is 8.43. The summed E-state index contributed by atoms with van der Waals surface area (Å²) >= 11 is 1.33. The molecular formula is C24H29N5O4S. The Morgan fingerprint density at radius 1 is 1.21 bits per heavy atom. The summed E-state index contributed by atoms with van der Waals surface area (Å²) in [6.07, 6.45) is 0.573. The third-order valence-corrected chi connectivity index (χ3v) is 7.34. The van der Waals surface area contributed by atoms with E-state index in [1.807, 2.05) is 31.2 Å². The second-order valence-electron chi connectivity index (χ2n) is 8.47. The van der Waals surface area contributed by atoms with Gasteiger partial charge in [-0.1, -0.05) is 6.07 Å². The van der Waals surface area contributed by atoms with E-state index < -0.39 is 11.9 Å². The van der Waals surface area contributed by atoms with Gasteiger partial charge in [-0.05, 0) is 56.5 Å². The summed E-state index contributed by atoms with van der Waals surface area (Å²) in [4.78, 5) is 54.2. The summed E-state index contributed by atoms with van der Waals surface area (Å²) in [5.74, 6) is -0.920. The predicted octanol–water partition coefficient (Wildman–Crippen LogP) is 2.99. The van der Waals surface area contributed by atoms with Crippen LogP contribution in [0.3, 0.4) is 0 Å². The molecule has 9 nitrogen and oxygen atoms in total. The van der Waals surface area contributed by atoms with E-state index in [4.69, 9.17) is 0 Å². The highest BCUT2D eigenvalue weighted by molar-refractivity contribution is 7.14. The minimum Gasteiger partial charge on any atom is -0.370 e. The summed E-state index contributed by atoms with van der Waals surface area (Å²) < 4.78 is 0. The van der Waals surface area contributed by atoms with Gasteiger partial charge in [0.1, 0.15) is 6.04 Å². The number of fused-ring (bicyclic) bond motifs is 1. The van der Waals surface area contributed by atoms with Crippen LogP contribution in [-0.4, -0.2) is 47.8 Å². The Balaban J connectivity index is 1.37. The van der Waals surface area contributed by atoms with E-state index in [9.17, 15) is 19.2 Å². The number of anilines is 2. The van der Waals surface area contributed by atoms with Crippen LogP contribution in [0.25, 0.3) is 0 Å². The maximum Gasteiger partial charge on any atom is 0.319 e. The van der Waals surface area contributed by atoms with Gasteiger partial charge in [0.15, 0.2) is 0 Å². The summed E-state index contributed by atoms with van der Waals surface area (Å²) in [5, 5.41) is 8.13. The lowest BCUT2D eigenvalue weighted by Gasteiger charge is -2.29. The van der Waals surface area contributed by atoms with Crippen LogP contribution in [0.15, 0.2) is 24.3 Å². The van der Waals surface area contributed by atoms with Crippen LogP contribution in [0.4, 0.5) is 16.2 Å². The summed E-state index contributed by atoms with van der Waals surface area (Å²) in [5.41, 5.74) is 3.63. The number of carbonyl (C=O) groups is 4. The number of nitrogens with zero attached hydrogens (tertiary/aromatic N) is 2. The number of piperidine rings is 1. The van der Waals surface area contributed by atoms with Crippen LogP contribution in [-0.2, 0) is 22.7 Å². The van der Waals surface area contributed by atoms with Crippen molar-refractivity contribution in [2.45, 2.75) is 52.7 Å². The molecule has 1 saturated heterocycles. The molecule has 3 heterocycles. The van der Waals surface area contributed by atoms with Gasteiger partial charge in [-0.2, -0.15) is 0 Å². The molecule has 1 aromatic heterocycles. The molecule has 1 aromatic carbocycles. The minimum absolute atomic E-state index is 0.200. The zero-order chi connectivity index (χ0) is 24.4. The van der Waals surface area contributed by atoms with Gasteiger partial charge in [-0.25, -0.2) is 4.79 Å². The molecule has 2 aliphatic rings. The molecule has 3 N–H and O–H groups in total. The van der Waals surface area contributed by atoms with Crippen molar-refractivity contribution in [3.63, 3.8) is 0 Å². The molecule has 2 aliphatic heterocycles. The van der Waals surface area contributed by atoms with Crippen molar-refractivity contribution < 1.29 is 19.2 Å². The predicted molar refractivity (Wildman–Crippen MR) is 131 cm³/mol. The molecule has 5 amide bonds. The van der Waals surface area contributed by atoms with Gasteiger partial charge >= 0.3 is 6.03 Å². The zero-order valence-electron chi connectivity index (χ0n) is 19.6. The number of rotatable bonds is 7. The molecule has 10 heteroatoms. The fourth-order valence-electron chi connectivity index (χ4n) is 4.41. The molecule has 4 rings (SSSR count). The molecule has 0 radical (unpaired) electrons. The Morgan fingerprint density at radius 3 is 2.65 bits per heavy atom. The van der Waals surface area contributed by atoms with Crippen molar-refractivity contribution in [1.29, 1.82) is 0 Å². The highest BCUT2D eigenvalue weighted by Crippen LogP contribution is 2.33. The molecule has 0 aliphatic carbocycles. The number of hydrogen-bond donors (Lipinski definition) is 3. The molecule has 0 bridgehead atoms. The average Bonchev–Trinajstić information content (AvgIpc) is 3.33. The van der Waals surface area contributed by atoms with Crippen molar-refractivity contribution in [3.05, 3.63) is 45.1 Å². The highest BCUT2D eigenvalue weighted by atomic mass is 32.1. The van der Waals surface area contributed by atoms with Crippen molar-refractivity contribution in [3.8, 4) is 0 Å². The molecule has 0 saturated carbocycles. The van der Waals surface area contributed by atoms with Gasteiger partial charge < -0.3 is 20.4 Å². The van der Waals surface area contributed by atoms with E-state index >= 15 is 0 Å². The molecule has 0 spiro atoms. The van der Waals surface area contributed by atoms with Crippen LogP contribution in [0.1, 0.15) is 52.4 Å². The lowest BCUT2D eigenvalue weighted by molar-refractivity contribution is -0.136. The molecule has 34 heavy (non-hydrogen) atoms. The van der Waals surface area contributed by atoms with Crippen LogP contribution in [0, 0.1) is 6.92 Å². The Morgan fingerprint density at radius 2 is 1.97 bits per heavy atom. The van der Waals surface area contributed by atoms with Crippen molar-refractivity contribution in [1.82, 2.24) is 15.5 Å². The minimum atomic E-state index is -0.619. The number of urea groups is 1. The van der Waals surface area contributed by atoms with Crippen LogP contribution >= 0.6 is 11.3 Å². The van der Waals surface area contributed by atoms with Crippen molar-refractivity contribution in [2.24, 2.45) is 0 Å². The molecule has 180 valence electrons. The number of aryl methyl sites for hydroxylation is 1. The normalized spacial score (nSPS) is 17.4. The fraction of sp³-hybridized carbons (Fsp3) is 0.417. The van der Waals surface area contributed by atoms with E-state index in [-0.39, 0.29) is 24.3 Å². The third-order valence-electron chi connectivity index (χ3n) is 6.17. The average molecular weight is 484 g/mol. The molecule has 1 fully saturated rings. The van der Waals surface area contributed by atoms with Gasteiger partial charge in [0.2, 0.25) is 11.8 Å². The topological polar surface area (TPSA) is 111 Å². The lowest BCUT2D eigenvalue weighted by atomic mass is 10.0. The number of benzene rings is 1. The number of thiophene rings is 1. The molecule has 2 aromatic rings. The Bertz CT molecular complexity index is 1140. The van der Waals surface area contributed by atoms with E-state index in [0.717, 1.165) is 40.5 Å². The van der Waals surface area contributed by atoms with Gasteiger partial charge in [-0.15, -0.1) is 11.3 Å². The summed E-state index contributed by atoms with van der Waals surface area (Å²) in [6, 6.07) is 6.96. The highest BCUT2D eigenvalue weighted by Gasteiger charge is 2.40. The number of imide groups is 1. The zero-order valence-corrected chi connectivity index (χ0v) is 20.4. The van der Waals surface area contributed by atoms with E-state index in [2.05, 4.69) is 34.7 Å². The first kappa shape index (κ1) is 23.7. The van der Waals surface area contributed by atoms with Crippen LogP contribution in [0.5, 0.6) is 0 Å². The maximum atomic E-state index is 12.9. The number of amides is 5. The van der Waals surface area contributed by atoms with Crippen LogP contribution < -0.4 is 20.9 Å². The largest absolute Gasteiger partial charge is 0.370 e. The molecular weight excluding hydrogens is 454 g/mol. The SMILES string of the molecule is CCN(CC)c1ccc(C)cc1NC(=O)NCc1cc2c(s1)C(=O)N(C1CCC(=O)NC1=O)C2. The number of hydrogen-bond acceptors (Lipinski definition) is 6. The standard InChI is InChI=1S/C24H29N5O4S/c1-4-28(5-2)18-7-6-14(3)10-17(18)26-24(33)25-12-16-11-15-13-29(23(32)21(15)34-16)19-8-9-20(30)27-22(19)31/h6-7,10-11,19H,4-5,8-9,12-13H2,1-3H3,(H2,25,26,33)(H,27,30,31). The summed E-state index contributed by atoms with van der Waals surface area (Å²) in [7, 11) is 0. The Labute approximate surface area is 202 Å². The van der Waals surface area contributed by atoms with Crippen molar-refractivity contribution >= 4 is 46.5 Å². The maximum absolute atomic E-state index is 12.9. The van der Waals surface area contributed by atoms with Gasteiger partial charge in [0.05, 0.1) is 22.8 Å². The quantitative estimate of drug-likeness (QED) is 0.525. The molecule has 1 unspecified atom stereocenters. The Hall–Kier alpha value is -3.40. The van der Waals surface area contributed by atoms with Crippen molar-refractivity contribution in [2.75, 3.05) is 23.3 Å². The van der Waals surface area contributed by atoms with Crippen LogP contribution in [0.2, 0.25) is 0 Å². The number of carbonyl (C=O) groups excluding carboxylic acids is 4. The first-order chi connectivity index (χ1) is 16.3. The fourth-order valence-corrected chi connectivity index (χ4v) is 5.48. The van der Waals surface area contributed by atoms with Gasteiger partial charge in [0.25, 0.3) is 5.91 Å². The van der Waals surface area contributed by atoms with Gasteiger partial charge in [-0.3, -0.25) is 19.7 Å². The first-order valence-electron chi connectivity index (χ1n) is 11.5. The smallest absolute Gasteiger partial charge is 0.319 e. The van der Waals surface area contributed by atoms with Gasteiger partial charge in [0, 0.05) is 30.9 Å². The van der Waals surface area contributed by atoms with E-state index in [0.29, 0.717) is 24.4 Å². The number of nitrogens with one attached hydrogen (secondary N) is 3. The monoisotopic (exact) mass is 483 g/mol. The first-order valence-corrected chi connectivity index (χ1v) is 12.3.